The van der Waals surface area contributed by atoms with Gasteiger partial charge in [0.2, 0.25) is 5.82 Å². The summed E-state index contributed by atoms with van der Waals surface area (Å²) in [5.74, 6) is -0.939. The Morgan fingerprint density at radius 3 is 2.82 bits per heavy atom. The number of primary amides is 1. The van der Waals surface area contributed by atoms with Gasteiger partial charge in [-0.15, -0.1) is 0 Å². The van der Waals surface area contributed by atoms with Crippen molar-refractivity contribution >= 4 is 12.1 Å². The molecule has 0 atom stereocenters. The van der Waals surface area contributed by atoms with Crippen molar-refractivity contribution in [3.05, 3.63) is 18.2 Å². The van der Waals surface area contributed by atoms with Gasteiger partial charge in [0.25, 0.3) is 0 Å². The average Bonchev–Trinajstić information content (AvgIpc) is 2.35. The van der Waals surface area contributed by atoms with Crippen LogP contribution in [-0.2, 0) is 4.74 Å². The van der Waals surface area contributed by atoms with Crippen LogP contribution in [0.2, 0.25) is 0 Å². The number of amides is 1. The first kappa shape index (κ1) is 7.26. The van der Waals surface area contributed by atoms with Crippen molar-refractivity contribution < 1.29 is 14.3 Å². The molecule has 0 aliphatic heterocycles. The van der Waals surface area contributed by atoms with Gasteiger partial charge in [-0.25, -0.2) is 14.6 Å². The van der Waals surface area contributed by atoms with Crippen molar-refractivity contribution in [3.8, 4) is 0 Å². The lowest BCUT2D eigenvalue weighted by atomic mass is 10.6. The minimum Gasteiger partial charge on any atom is -0.370 e. The van der Waals surface area contributed by atoms with Crippen molar-refractivity contribution in [2.75, 3.05) is 0 Å². The number of carbonyl (C=O) groups excluding carboxylic acids is 2. The van der Waals surface area contributed by atoms with Crippen LogP contribution in [0.1, 0.15) is 10.6 Å². The molecule has 3 N–H and O–H groups in total. The number of carbonyl (C=O) groups is 2. The molecule has 0 unspecified atom stereocenters. The Bertz CT molecular complexity index is 267. The van der Waals surface area contributed by atoms with Gasteiger partial charge in [-0.05, 0) is 0 Å². The molecule has 0 fully saturated rings. The van der Waals surface area contributed by atoms with Crippen LogP contribution in [0.4, 0.5) is 4.79 Å². The molecule has 0 aliphatic carbocycles. The third-order valence-corrected chi connectivity index (χ3v) is 0.885. The largest absolute Gasteiger partial charge is 0.412 e. The van der Waals surface area contributed by atoms with Gasteiger partial charge in [0.1, 0.15) is 0 Å². The van der Waals surface area contributed by atoms with E-state index in [2.05, 4.69) is 20.4 Å². The molecule has 0 aliphatic rings. The lowest BCUT2D eigenvalue weighted by Gasteiger charge is -1.93. The lowest BCUT2D eigenvalue weighted by Crippen LogP contribution is -2.19. The Hall–Kier alpha value is -1.85. The van der Waals surface area contributed by atoms with Crippen LogP contribution in [0.3, 0.4) is 0 Å². The summed E-state index contributed by atoms with van der Waals surface area (Å²) < 4.78 is 4.00. The fourth-order valence-electron chi connectivity index (χ4n) is 0.517. The molecule has 0 bridgehead atoms. The van der Waals surface area contributed by atoms with Gasteiger partial charge in [0.15, 0.2) is 0 Å². The third-order valence-electron chi connectivity index (χ3n) is 0.885. The molecular weight excluding hydrogens is 150 g/mol. The van der Waals surface area contributed by atoms with Gasteiger partial charge in [-0.3, -0.25) is 0 Å². The Balaban J connectivity index is 2.64. The summed E-state index contributed by atoms with van der Waals surface area (Å²) in [6, 6.07) is 0. The van der Waals surface area contributed by atoms with Crippen molar-refractivity contribution in [1.82, 2.24) is 9.97 Å². The zero-order chi connectivity index (χ0) is 8.27. The number of nitrogens with two attached hydrogens (primary N) is 1. The van der Waals surface area contributed by atoms with E-state index in [0.29, 0.717) is 0 Å². The van der Waals surface area contributed by atoms with E-state index in [-0.39, 0.29) is 5.82 Å². The second kappa shape index (κ2) is 2.82. The van der Waals surface area contributed by atoms with E-state index in [0.717, 1.165) is 0 Å². The molecule has 0 spiro atoms. The van der Waals surface area contributed by atoms with Crippen LogP contribution in [0.5, 0.6) is 0 Å². The molecule has 0 aromatic carbocycles. The number of aromatic nitrogens is 2. The van der Waals surface area contributed by atoms with E-state index >= 15 is 0 Å². The summed E-state index contributed by atoms with van der Waals surface area (Å²) in [4.78, 5) is 26.7. The monoisotopic (exact) mass is 155 g/mol. The third kappa shape index (κ3) is 1.78. The van der Waals surface area contributed by atoms with Crippen molar-refractivity contribution in [3.63, 3.8) is 0 Å². The number of imidazole rings is 1. The number of nitrogens with one attached hydrogen (secondary N) is 1. The Morgan fingerprint density at radius 1 is 1.64 bits per heavy atom. The minimum absolute atomic E-state index is 0.0520. The molecule has 0 radical (unpaired) electrons. The molecule has 1 amide bonds. The van der Waals surface area contributed by atoms with Gasteiger partial charge in [0.05, 0.1) is 0 Å². The standard InChI is InChI=1S/C5H5N3O3/c6-5(10)11-4(9)3-7-1-2-8-3/h1-2H,(H2,6,10)(H,7,8). The highest BCUT2D eigenvalue weighted by Crippen LogP contribution is 1.91. The fraction of sp³-hybridized carbons (Fsp3) is 0. The maximum absolute atomic E-state index is 10.7. The molecular formula is C5H5N3O3. The van der Waals surface area contributed by atoms with Crippen molar-refractivity contribution in [2.24, 2.45) is 5.73 Å². The summed E-state index contributed by atoms with van der Waals surface area (Å²) in [6.07, 6.45) is 1.64. The van der Waals surface area contributed by atoms with Crippen LogP contribution >= 0.6 is 0 Å². The number of aromatic amines is 1. The van der Waals surface area contributed by atoms with Gasteiger partial charge < -0.3 is 15.5 Å². The summed E-state index contributed by atoms with van der Waals surface area (Å²) in [5.41, 5.74) is 4.58. The van der Waals surface area contributed by atoms with Crippen LogP contribution in [-0.4, -0.2) is 22.0 Å². The van der Waals surface area contributed by atoms with Crippen LogP contribution < -0.4 is 5.73 Å². The van der Waals surface area contributed by atoms with E-state index in [9.17, 15) is 9.59 Å². The zero-order valence-corrected chi connectivity index (χ0v) is 5.40. The maximum atomic E-state index is 10.7. The normalized spacial score (nSPS) is 9.09. The maximum Gasteiger partial charge on any atom is 0.412 e. The molecule has 58 valence electrons. The number of hydrogen-bond acceptors (Lipinski definition) is 4. The number of nitrogens with zero attached hydrogens (tertiary/aromatic N) is 1. The van der Waals surface area contributed by atoms with E-state index in [1.165, 1.54) is 12.4 Å². The second-order valence-corrected chi connectivity index (χ2v) is 1.65. The zero-order valence-electron chi connectivity index (χ0n) is 5.40. The minimum atomic E-state index is -1.15. The van der Waals surface area contributed by atoms with Crippen LogP contribution in [0.25, 0.3) is 0 Å². The number of ether oxygens (including phenoxy) is 1. The van der Waals surface area contributed by atoms with Crippen molar-refractivity contribution in [2.45, 2.75) is 0 Å². The smallest absolute Gasteiger partial charge is 0.370 e. The van der Waals surface area contributed by atoms with Gasteiger partial charge in [-0.2, -0.15) is 0 Å². The highest BCUT2D eigenvalue weighted by molar-refractivity contribution is 5.92. The topological polar surface area (TPSA) is 98.1 Å². The predicted octanol–water partition coefficient (Wildman–Crippen LogP) is -0.355. The molecule has 0 saturated carbocycles. The van der Waals surface area contributed by atoms with Crippen LogP contribution in [0.15, 0.2) is 12.4 Å². The molecule has 1 rings (SSSR count). The van der Waals surface area contributed by atoms with Gasteiger partial charge >= 0.3 is 12.1 Å². The molecule has 6 heteroatoms. The number of esters is 1. The fourth-order valence-corrected chi connectivity index (χ4v) is 0.517. The Morgan fingerprint density at radius 2 is 2.36 bits per heavy atom. The summed E-state index contributed by atoms with van der Waals surface area (Å²) >= 11 is 0. The van der Waals surface area contributed by atoms with Gasteiger partial charge in [0, 0.05) is 12.4 Å². The van der Waals surface area contributed by atoms with E-state index < -0.39 is 12.1 Å². The quantitative estimate of drug-likeness (QED) is 0.427. The number of H-pyrrole nitrogens is 1. The lowest BCUT2D eigenvalue weighted by molar-refractivity contribution is 0.0626. The highest BCUT2D eigenvalue weighted by atomic mass is 16.6. The van der Waals surface area contributed by atoms with E-state index in [1.54, 1.807) is 0 Å². The van der Waals surface area contributed by atoms with E-state index in [4.69, 9.17) is 0 Å². The summed E-state index contributed by atoms with van der Waals surface area (Å²) in [7, 11) is 0. The predicted molar refractivity (Wildman–Crippen MR) is 33.6 cm³/mol. The molecule has 0 saturated heterocycles. The first-order valence-corrected chi connectivity index (χ1v) is 2.71. The first-order valence-electron chi connectivity index (χ1n) is 2.71. The SMILES string of the molecule is NC(=O)OC(=O)c1ncc[nH]1. The summed E-state index contributed by atoms with van der Waals surface area (Å²) in [6.45, 7) is 0. The molecule has 6 nitrogen and oxygen atoms in total. The Labute approximate surface area is 61.4 Å². The Kier molecular flexibility index (Phi) is 1.86. The number of hydrogen-bond donors (Lipinski definition) is 2. The number of rotatable bonds is 1. The highest BCUT2D eigenvalue weighted by Gasteiger charge is 2.11. The second-order valence-electron chi connectivity index (χ2n) is 1.65. The van der Waals surface area contributed by atoms with Crippen LogP contribution in [0, 0.1) is 0 Å². The molecule has 1 heterocycles. The molecule has 1 aromatic rings. The van der Waals surface area contributed by atoms with E-state index in [1.807, 2.05) is 0 Å². The van der Waals surface area contributed by atoms with Crippen molar-refractivity contribution in [1.29, 1.82) is 0 Å². The molecule has 11 heavy (non-hydrogen) atoms. The first-order chi connectivity index (χ1) is 5.20. The molecule has 1 aromatic heterocycles. The summed E-state index contributed by atoms with van der Waals surface area (Å²) in [5, 5.41) is 0. The average molecular weight is 155 g/mol. The van der Waals surface area contributed by atoms with Gasteiger partial charge in [-0.1, -0.05) is 0 Å².